The van der Waals surface area contributed by atoms with Crippen molar-refractivity contribution in [3.05, 3.63) is 21.3 Å². The lowest BCUT2D eigenvalue weighted by Crippen LogP contribution is -2.45. The third kappa shape index (κ3) is 2.98. The third-order valence-corrected chi connectivity index (χ3v) is 4.58. The van der Waals surface area contributed by atoms with Crippen molar-refractivity contribution >= 4 is 22.9 Å². The smallest absolute Gasteiger partial charge is 0.0931 e. The summed E-state index contributed by atoms with van der Waals surface area (Å²) in [6, 6.07) is 4.65. The maximum Gasteiger partial charge on any atom is 0.0931 e. The molecule has 1 fully saturated rings. The molecule has 0 bridgehead atoms. The van der Waals surface area contributed by atoms with Crippen molar-refractivity contribution in [1.82, 2.24) is 4.90 Å². The van der Waals surface area contributed by atoms with Gasteiger partial charge in [-0.3, -0.25) is 4.90 Å². The highest BCUT2D eigenvalue weighted by Crippen LogP contribution is 2.27. The quantitative estimate of drug-likeness (QED) is 0.903. The zero-order valence-corrected chi connectivity index (χ0v) is 11.2. The van der Waals surface area contributed by atoms with Gasteiger partial charge in [-0.1, -0.05) is 18.5 Å². The predicted molar refractivity (Wildman–Crippen MR) is 71.0 cm³/mol. The Morgan fingerprint density at radius 1 is 1.56 bits per heavy atom. The molecule has 1 aliphatic rings. The van der Waals surface area contributed by atoms with Crippen molar-refractivity contribution < 1.29 is 0 Å². The molecular formula is C12H19ClN2S. The molecule has 2 unspecified atom stereocenters. The van der Waals surface area contributed by atoms with Crippen LogP contribution in [0.1, 0.15) is 24.6 Å². The first-order chi connectivity index (χ1) is 7.69. The molecule has 0 aliphatic carbocycles. The molecule has 1 aromatic heterocycles. The Morgan fingerprint density at radius 2 is 2.38 bits per heavy atom. The molecule has 90 valence electrons. The van der Waals surface area contributed by atoms with Gasteiger partial charge in [-0.15, -0.1) is 11.3 Å². The van der Waals surface area contributed by atoms with E-state index in [2.05, 4.69) is 17.9 Å². The average Bonchev–Trinajstić information content (AvgIpc) is 2.67. The van der Waals surface area contributed by atoms with Gasteiger partial charge in [0.15, 0.2) is 0 Å². The fraction of sp³-hybridized carbons (Fsp3) is 0.667. The van der Waals surface area contributed by atoms with E-state index in [9.17, 15) is 0 Å². The van der Waals surface area contributed by atoms with Crippen molar-refractivity contribution in [2.45, 2.75) is 32.4 Å². The van der Waals surface area contributed by atoms with Crippen LogP contribution in [0.4, 0.5) is 0 Å². The Morgan fingerprint density at radius 3 is 3.00 bits per heavy atom. The number of likely N-dealkylation sites (tertiary alicyclic amines) is 1. The van der Waals surface area contributed by atoms with Gasteiger partial charge in [0.25, 0.3) is 0 Å². The van der Waals surface area contributed by atoms with Crippen LogP contribution in [0, 0.1) is 5.92 Å². The zero-order valence-electron chi connectivity index (χ0n) is 9.66. The molecule has 1 aromatic rings. The summed E-state index contributed by atoms with van der Waals surface area (Å²) >= 11 is 7.62. The van der Waals surface area contributed by atoms with Crippen LogP contribution >= 0.6 is 22.9 Å². The van der Waals surface area contributed by atoms with Gasteiger partial charge in [-0.2, -0.15) is 0 Å². The maximum atomic E-state index is 5.95. The summed E-state index contributed by atoms with van der Waals surface area (Å²) in [5, 5.41) is 0. The van der Waals surface area contributed by atoms with Crippen LogP contribution in [0.15, 0.2) is 12.1 Å². The van der Waals surface area contributed by atoms with E-state index in [-0.39, 0.29) is 0 Å². The lowest BCUT2D eigenvalue weighted by Gasteiger charge is -2.37. The first kappa shape index (κ1) is 12.4. The second-order valence-corrected chi connectivity index (χ2v) is 6.50. The van der Waals surface area contributed by atoms with Gasteiger partial charge in [0.05, 0.1) is 4.34 Å². The van der Waals surface area contributed by atoms with Gasteiger partial charge in [0.2, 0.25) is 0 Å². The number of rotatable bonds is 3. The van der Waals surface area contributed by atoms with Crippen molar-refractivity contribution in [2.75, 3.05) is 13.1 Å². The molecule has 4 heteroatoms. The summed E-state index contributed by atoms with van der Waals surface area (Å²) in [4.78, 5) is 3.85. The molecule has 0 spiro atoms. The zero-order chi connectivity index (χ0) is 11.5. The Labute approximate surface area is 106 Å². The lowest BCUT2D eigenvalue weighted by atomic mass is 9.92. The van der Waals surface area contributed by atoms with Crippen LogP contribution in [0.3, 0.4) is 0 Å². The van der Waals surface area contributed by atoms with Crippen LogP contribution in [-0.2, 0) is 6.54 Å². The second kappa shape index (κ2) is 5.50. The summed E-state index contributed by atoms with van der Waals surface area (Å²) in [6.45, 7) is 5.26. The second-order valence-electron chi connectivity index (χ2n) is 4.70. The summed E-state index contributed by atoms with van der Waals surface area (Å²) in [7, 11) is 0. The normalized spacial score (nSPS) is 27.2. The van der Waals surface area contributed by atoms with E-state index >= 15 is 0 Å². The molecule has 1 saturated heterocycles. The monoisotopic (exact) mass is 258 g/mol. The molecule has 0 radical (unpaired) electrons. The molecular weight excluding hydrogens is 240 g/mol. The van der Waals surface area contributed by atoms with Crippen LogP contribution in [-0.4, -0.2) is 24.0 Å². The fourth-order valence-corrected chi connectivity index (χ4v) is 3.50. The minimum absolute atomic E-state index is 0.546. The van der Waals surface area contributed by atoms with Gasteiger partial charge in [-0.05, 0) is 37.4 Å². The fourth-order valence-electron chi connectivity index (χ4n) is 2.39. The highest BCUT2D eigenvalue weighted by Gasteiger charge is 2.25. The van der Waals surface area contributed by atoms with Gasteiger partial charge in [0.1, 0.15) is 0 Å². The van der Waals surface area contributed by atoms with E-state index < -0.39 is 0 Å². The maximum absolute atomic E-state index is 5.95. The molecule has 1 aliphatic heterocycles. The SMILES string of the molecule is CC1CCN(Cc2ccc(Cl)s2)C(CN)C1. The average molecular weight is 259 g/mol. The van der Waals surface area contributed by atoms with Gasteiger partial charge >= 0.3 is 0 Å². The number of piperidine rings is 1. The van der Waals surface area contributed by atoms with Crippen LogP contribution in [0.2, 0.25) is 4.34 Å². The number of hydrogen-bond acceptors (Lipinski definition) is 3. The number of thiophene rings is 1. The van der Waals surface area contributed by atoms with E-state index in [4.69, 9.17) is 17.3 Å². The molecule has 2 heterocycles. The molecule has 16 heavy (non-hydrogen) atoms. The lowest BCUT2D eigenvalue weighted by molar-refractivity contribution is 0.116. The number of nitrogens with two attached hydrogens (primary N) is 1. The summed E-state index contributed by atoms with van der Waals surface area (Å²) in [5.74, 6) is 0.816. The van der Waals surface area contributed by atoms with Crippen LogP contribution < -0.4 is 5.73 Å². The number of hydrogen-bond donors (Lipinski definition) is 1. The minimum atomic E-state index is 0.546. The van der Waals surface area contributed by atoms with Gasteiger partial charge in [0, 0.05) is 24.0 Å². The highest BCUT2D eigenvalue weighted by molar-refractivity contribution is 7.16. The predicted octanol–water partition coefficient (Wildman–Crippen LogP) is 2.96. The first-order valence-electron chi connectivity index (χ1n) is 5.87. The highest BCUT2D eigenvalue weighted by atomic mass is 35.5. The molecule has 2 nitrogen and oxygen atoms in total. The van der Waals surface area contributed by atoms with Gasteiger partial charge in [-0.25, -0.2) is 0 Å². The molecule has 2 N–H and O–H groups in total. The summed E-state index contributed by atoms with van der Waals surface area (Å²) in [6.07, 6.45) is 2.52. The Kier molecular flexibility index (Phi) is 4.25. The Balaban J connectivity index is 1.97. The van der Waals surface area contributed by atoms with E-state index in [1.807, 2.05) is 6.07 Å². The Bertz CT molecular complexity index is 340. The van der Waals surface area contributed by atoms with E-state index in [0.29, 0.717) is 6.04 Å². The number of halogens is 1. The molecule has 0 aromatic carbocycles. The Hall–Kier alpha value is -0.0900. The summed E-state index contributed by atoms with van der Waals surface area (Å²) < 4.78 is 0.879. The van der Waals surface area contributed by atoms with E-state index in [0.717, 1.165) is 23.3 Å². The molecule has 0 amide bonds. The topological polar surface area (TPSA) is 29.3 Å². The summed E-state index contributed by atoms with van der Waals surface area (Å²) in [5.41, 5.74) is 5.85. The molecule has 2 rings (SSSR count). The van der Waals surface area contributed by atoms with Crippen LogP contribution in [0.5, 0.6) is 0 Å². The number of nitrogens with zero attached hydrogens (tertiary/aromatic N) is 1. The first-order valence-corrected chi connectivity index (χ1v) is 7.07. The molecule has 0 saturated carbocycles. The van der Waals surface area contributed by atoms with Crippen molar-refractivity contribution in [3.63, 3.8) is 0 Å². The van der Waals surface area contributed by atoms with E-state index in [1.54, 1.807) is 11.3 Å². The van der Waals surface area contributed by atoms with Crippen molar-refractivity contribution in [3.8, 4) is 0 Å². The van der Waals surface area contributed by atoms with E-state index in [1.165, 1.54) is 24.3 Å². The molecule has 2 atom stereocenters. The van der Waals surface area contributed by atoms with Gasteiger partial charge < -0.3 is 5.73 Å². The standard InChI is InChI=1S/C12H19ClN2S/c1-9-4-5-15(10(6-9)7-14)8-11-2-3-12(13)16-11/h2-3,9-10H,4-8,14H2,1H3. The van der Waals surface area contributed by atoms with Crippen molar-refractivity contribution in [1.29, 1.82) is 0 Å². The third-order valence-electron chi connectivity index (χ3n) is 3.36. The largest absolute Gasteiger partial charge is 0.329 e. The minimum Gasteiger partial charge on any atom is -0.329 e. The van der Waals surface area contributed by atoms with Crippen LogP contribution in [0.25, 0.3) is 0 Å². The van der Waals surface area contributed by atoms with Crippen molar-refractivity contribution in [2.24, 2.45) is 11.7 Å².